The van der Waals surface area contributed by atoms with Gasteiger partial charge in [-0.15, -0.1) is 11.3 Å². The van der Waals surface area contributed by atoms with Gasteiger partial charge < -0.3 is 8.83 Å². The molecule has 0 aliphatic heterocycles. The standard InChI is InChI=1S/C48H26O2S/c1-3-13-35-33(11-1)46(34-12-2-4-14-36(34)47(35)29-17-20-32-31-10-6-8-16-44(31)51-45(32)25-29)28-18-21-37-42(24-28)50-41-22-19-27-23-39-30-9-5-7-15-40(30)49-43(39)26-38(27)48(37)41/h1-26H. The predicted molar refractivity (Wildman–Crippen MR) is 217 cm³/mol. The molecule has 0 aliphatic carbocycles. The summed E-state index contributed by atoms with van der Waals surface area (Å²) in [4.78, 5) is 0. The van der Waals surface area contributed by atoms with Crippen LogP contribution in [0.5, 0.6) is 0 Å². The molecule has 236 valence electrons. The Balaban J connectivity index is 1.09. The van der Waals surface area contributed by atoms with E-state index in [0.717, 1.165) is 54.8 Å². The number of hydrogen-bond donors (Lipinski definition) is 0. The molecule has 0 N–H and O–H groups in total. The van der Waals surface area contributed by atoms with Crippen molar-refractivity contribution in [3.8, 4) is 22.3 Å². The van der Waals surface area contributed by atoms with E-state index in [2.05, 4.69) is 146 Å². The van der Waals surface area contributed by atoms with Gasteiger partial charge in [0.15, 0.2) is 0 Å². The Hall–Kier alpha value is -6.42. The van der Waals surface area contributed by atoms with E-state index in [-0.39, 0.29) is 0 Å². The van der Waals surface area contributed by atoms with E-state index in [1.54, 1.807) is 0 Å². The van der Waals surface area contributed by atoms with Crippen LogP contribution >= 0.6 is 11.3 Å². The zero-order valence-corrected chi connectivity index (χ0v) is 28.1. The number of thiophene rings is 1. The van der Waals surface area contributed by atoms with Crippen molar-refractivity contribution in [1.29, 1.82) is 0 Å². The molecule has 3 heteroatoms. The predicted octanol–water partition coefficient (Wildman–Crippen LogP) is 14.6. The normalized spacial score (nSPS) is 12.3. The first kappa shape index (κ1) is 27.4. The maximum Gasteiger partial charge on any atom is 0.136 e. The van der Waals surface area contributed by atoms with Gasteiger partial charge in [0, 0.05) is 41.7 Å². The van der Waals surface area contributed by atoms with Crippen LogP contribution in [0.1, 0.15) is 0 Å². The molecule has 51 heavy (non-hydrogen) atoms. The van der Waals surface area contributed by atoms with Crippen LogP contribution < -0.4 is 0 Å². The molecular formula is C48H26O2S. The molecule has 9 aromatic carbocycles. The molecule has 0 bridgehead atoms. The smallest absolute Gasteiger partial charge is 0.136 e. The number of rotatable bonds is 2. The second-order valence-electron chi connectivity index (χ2n) is 13.6. The third kappa shape index (κ3) is 3.81. The summed E-state index contributed by atoms with van der Waals surface area (Å²) in [5.41, 5.74) is 8.45. The first-order chi connectivity index (χ1) is 25.3. The quantitative estimate of drug-likeness (QED) is 0.172. The maximum atomic E-state index is 6.65. The summed E-state index contributed by atoms with van der Waals surface area (Å²) in [6.07, 6.45) is 0. The van der Waals surface area contributed by atoms with Gasteiger partial charge in [0.25, 0.3) is 0 Å². The summed E-state index contributed by atoms with van der Waals surface area (Å²) in [5, 5.41) is 14.4. The van der Waals surface area contributed by atoms with Gasteiger partial charge in [-0.25, -0.2) is 0 Å². The van der Waals surface area contributed by atoms with Crippen LogP contribution in [0.3, 0.4) is 0 Å². The minimum absolute atomic E-state index is 0.881. The summed E-state index contributed by atoms with van der Waals surface area (Å²) < 4.78 is 15.6. The molecule has 0 spiro atoms. The number of fused-ring (bicyclic) bond motifs is 13. The highest BCUT2D eigenvalue weighted by atomic mass is 32.1. The minimum atomic E-state index is 0.881. The lowest BCUT2D eigenvalue weighted by Crippen LogP contribution is -1.90. The van der Waals surface area contributed by atoms with Crippen molar-refractivity contribution in [3.63, 3.8) is 0 Å². The molecular weight excluding hydrogens is 641 g/mol. The lowest BCUT2D eigenvalue weighted by Gasteiger charge is -2.17. The Kier molecular flexibility index (Phi) is 5.41. The highest BCUT2D eigenvalue weighted by Gasteiger charge is 2.20. The van der Waals surface area contributed by atoms with Crippen molar-refractivity contribution in [2.24, 2.45) is 0 Å². The molecule has 0 atom stereocenters. The van der Waals surface area contributed by atoms with E-state index in [9.17, 15) is 0 Å². The Labute approximate surface area is 295 Å². The lowest BCUT2D eigenvalue weighted by molar-refractivity contribution is 0.669. The molecule has 2 nitrogen and oxygen atoms in total. The van der Waals surface area contributed by atoms with Crippen LogP contribution in [0.2, 0.25) is 0 Å². The fourth-order valence-corrected chi connectivity index (χ4v) is 9.75. The monoisotopic (exact) mass is 666 g/mol. The summed E-state index contributed by atoms with van der Waals surface area (Å²) in [6, 6.07) is 57.2. The maximum absolute atomic E-state index is 6.65. The first-order valence-electron chi connectivity index (χ1n) is 17.3. The molecule has 0 unspecified atom stereocenters. The number of para-hydroxylation sites is 1. The number of furan rings is 2. The van der Waals surface area contributed by atoms with Crippen LogP contribution in [-0.2, 0) is 0 Å². The molecule has 12 aromatic rings. The molecule has 3 heterocycles. The lowest BCUT2D eigenvalue weighted by atomic mass is 9.85. The van der Waals surface area contributed by atoms with Crippen molar-refractivity contribution in [3.05, 3.63) is 158 Å². The van der Waals surface area contributed by atoms with Gasteiger partial charge in [-0.2, -0.15) is 0 Å². The third-order valence-electron chi connectivity index (χ3n) is 10.8. The second kappa shape index (κ2) is 10.1. The van der Waals surface area contributed by atoms with Gasteiger partial charge in [0.05, 0.1) is 0 Å². The Morgan fingerprint density at radius 2 is 0.882 bits per heavy atom. The van der Waals surface area contributed by atoms with Crippen LogP contribution in [0.25, 0.3) is 119 Å². The van der Waals surface area contributed by atoms with Crippen LogP contribution in [0.4, 0.5) is 0 Å². The van der Waals surface area contributed by atoms with E-state index in [1.807, 2.05) is 23.5 Å². The van der Waals surface area contributed by atoms with Gasteiger partial charge in [-0.3, -0.25) is 0 Å². The van der Waals surface area contributed by atoms with Crippen molar-refractivity contribution >= 4 is 108 Å². The van der Waals surface area contributed by atoms with Gasteiger partial charge in [-0.1, -0.05) is 109 Å². The third-order valence-corrected chi connectivity index (χ3v) is 12.0. The SMILES string of the molecule is c1ccc2c(c1)oc1cc3c(ccc4oc5cc(-c6c7ccccc7c(-c7ccc8c(c7)sc7ccccc78)c7ccccc67)ccc5c43)cc12. The van der Waals surface area contributed by atoms with Crippen LogP contribution in [0.15, 0.2) is 167 Å². The molecule has 0 saturated heterocycles. The molecule has 0 radical (unpaired) electrons. The van der Waals surface area contributed by atoms with Gasteiger partial charge >= 0.3 is 0 Å². The van der Waals surface area contributed by atoms with E-state index in [1.165, 1.54) is 63.8 Å². The fraction of sp³-hybridized carbons (Fsp3) is 0. The Morgan fingerprint density at radius 1 is 0.314 bits per heavy atom. The Bertz CT molecular complexity index is 3370. The zero-order chi connectivity index (χ0) is 33.2. The van der Waals surface area contributed by atoms with Crippen LogP contribution in [-0.4, -0.2) is 0 Å². The van der Waals surface area contributed by atoms with Crippen molar-refractivity contribution < 1.29 is 8.83 Å². The highest BCUT2D eigenvalue weighted by Crippen LogP contribution is 2.47. The largest absolute Gasteiger partial charge is 0.456 e. The average Bonchev–Trinajstić information content (AvgIpc) is 3.86. The van der Waals surface area contributed by atoms with Gasteiger partial charge in [-0.05, 0) is 103 Å². The van der Waals surface area contributed by atoms with E-state index >= 15 is 0 Å². The van der Waals surface area contributed by atoms with E-state index in [4.69, 9.17) is 8.83 Å². The summed E-state index contributed by atoms with van der Waals surface area (Å²) >= 11 is 1.87. The van der Waals surface area contributed by atoms with Crippen molar-refractivity contribution in [2.45, 2.75) is 0 Å². The fourth-order valence-electron chi connectivity index (χ4n) is 8.61. The number of benzene rings is 9. The summed E-state index contributed by atoms with van der Waals surface area (Å²) in [7, 11) is 0. The topological polar surface area (TPSA) is 26.3 Å². The molecule has 0 fully saturated rings. The molecule has 12 rings (SSSR count). The highest BCUT2D eigenvalue weighted by molar-refractivity contribution is 7.25. The second-order valence-corrected chi connectivity index (χ2v) is 14.7. The van der Waals surface area contributed by atoms with Crippen LogP contribution in [0, 0.1) is 0 Å². The summed E-state index contributed by atoms with van der Waals surface area (Å²) in [5.74, 6) is 0. The van der Waals surface area contributed by atoms with Crippen molar-refractivity contribution in [1.82, 2.24) is 0 Å². The first-order valence-corrected chi connectivity index (χ1v) is 18.1. The van der Waals surface area contributed by atoms with E-state index < -0.39 is 0 Å². The molecule has 0 saturated carbocycles. The molecule has 0 aliphatic rings. The van der Waals surface area contributed by atoms with Gasteiger partial charge in [0.1, 0.15) is 22.3 Å². The summed E-state index contributed by atoms with van der Waals surface area (Å²) in [6.45, 7) is 0. The average molecular weight is 667 g/mol. The zero-order valence-electron chi connectivity index (χ0n) is 27.2. The van der Waals surface area contributed by atoms with E-state index in [0.29, 0.717) is 0 Å². The van der Waals surface area contributed by atoms with Gasteiger partial charge in [0.2, 0.25) is 0 Å². The Morgan fingerprint density at radius 3 is 1.63 bits per heavy atom. The number of hydrogen-bond acceptors (Lipinski definition) is 3. The molecule has 0 amide bonds. The molecule has 3 aromatic heterocycles. The van der Waals surface area contributed by atoms with Crippen molar-refractivity contribution in [2.75, 3.05) is 0 Å². The minimum Gasteiger partial charge on any atom is -0.456 e.